The number of ether oxygens (including phenoxy) is 2. The molecule has 0 aliphatic rings. The summed E-state index contributed by atoms with van der Waals surface area (Å²) in [5, 5.41) is 0.274. The van der Waals surface area contributed by atoms with Gasteiger partial charge in [-0.1, -0.05) is 11.6 Å². The van der Waals surface area contributed by atoms with Crippen molar-refractivity contribution in [1.29, 1.82) is 0 Å². The predicted molar refractivity (Wildman–Crippen MR) is 85.6 cm³/mol. The standard InChI is InChI=1S/C14H15ClN2O5S/c1-17-8-10(7-12(17)14(18)22-3)23(19,20)16-9-4-5-13(21-2)11(15)6-9/h4-8,16H,1-3H3. The molecule has 0 fully saturated rings. The number of carbonyl (C=O) groups excluding carboxylic acids is 1. The Hall–Kier alpha value is -2.19. The van der Waals surface area contributed by atoms with Gasteiger partial charge in [0.05, 0.1) is 24.9 Å². The Kier molecular flexibility index (Phi) is 4.86. The van der Waals surface area contributed by atoms with Gasteiger partial charge in [-0.3, -0.25) is 4.72 Å². The first-order valence-corrected chi connectivity index (χ1v) is 8.25. The molecule has 0 saturated carbocycles. The molecule has 0 aliphatic heterocycles. The Labute approximate surface area is 138 Å². The van der Waals surface area contributed by atoms with Crippen LogP contribution < -0.4 is 9.46 Å². The average Bonchev–Trinajstić information content (AvgIpc) is 2.89. The zero-order valence-corrected chi connectivity index (χ0v) is 14.2. The molecule has 2 aromatic rings. The molecule has 2 rings (SSSR count). The molecule has 0 saturated heterocycles. The molecular weight excluding hydrogens is 344 g/mol. The van der Waals surface area contributed by atoms with Crippen LogP contribution in [-0.2, 0) is 21.8 Å². The maximum atomic E-state index is 12.4. The predicted octanol–water partition coefficient (Wildman–Crippen LogP) is 2.27. The van der Waals surface area contributed by atoms with E-state index in [2.05, 4.69) is 9.46 Å². The van der Waals surface area contributed by atoms with Crippen LogP contribution in [0.4, 0.5) is 5.69 Å². The molecule has 124 valence electrons. The summed E-state index contributed by atoms with van der Waals surface area (Å²) in [7, 11) is 0.365. The fourth-order valence-corrected chi connectivity index (χ4v) is 3.31. The van der Waals surface area contributed by atoms with Gasteiger partial charge in [0.2, 0.25) is 0 Å². The molecule has 1 N–H and O–H groups in total. The van der Waals surface area contributed by atoms with Gasteiger partial charge in [-0.15, -0.1) is 0 Å². The monoisotopic (exact) mass is 358 g/mol. The molecule has 9 heteroatoms. The maximum absolute atomic E-state index is 12.4. The largest absolute Gasteiger partial charge is 0.495 e. The van der Waals surface area contributed by atoms with E-state index >= 15 is 0 Å². The minimum atomic E-state index is -3.87. The van der Waals surface area contributed by atoms with E-state index in [9.17, 15) is 13.2 Å². The maximum Gasteiger partial charge on any atom is 0.354 e. The molecule has 0 unspecified atom stereocenters. The van der Waals surface area contributed by atoms with Gasteiger partial charge in [0.1, 0.15) is 16.3 Å². The van der Waals surface area contributed by atoms with Crippen LogP contribution in [0, 0.1) is 0 Å². The van der Waals surface area contributed by atoms with Crippen LogP contribution in [0.1, 0.15) is 10.5 Å². The first-order chi connectivity index (χ1) is 10.8. The third-order valence-corrected chi connectivity index (χ3v) is 4.73. The fraction of sp³-hybridized carbons (Fsp3) is 0.214. The molecular formula is C14H15ClN2O5S. The lowest BCUT2D eigenvalue weighted by molar-refractivity contribution is 0.0590. The number of aromatic nitrogens is 1. The highest BCUT2D eigenvalue weighted by Crippen LogP contribution is 2.28. The Morgan fingerprint density at radius 3 is 2.52 bits per heavy atom. The Balaban J connectivity index is 2.32. The molecule has 0 bridgehead atoms. The Morgan fingerprint density at radius 2 is 1.96 bits per heavy atom. The number of hydrogen-bond acceptors (Lipinski definition) is 5. The van der Waals surface area contributed by atoms with Gasteiger partial charge < -0.3 is 14.0 Å². The van der Waals surface area contributed by atoms with E-state index in [1.165, 1.54) is 43.2 Å². The van der Waals surface area contributed by atoms with Crippen molar-refractivity contribution in [2.45, 2.75) is 4.90 Å². The van der Waals surface area contributed by atoms with E-state index in [1.807, 2.05) is 0 Å². The smallest absolute Gasteiger partial charge is 0.354 e. The number of aryl methyl sites for hydroxylation is 1. The quantitative estimate of drug-likeness (QED) is 0.828. The van der Waals surface area contributed by atoms with Gasteiger partial charge in [0.15, 0.2) is 0 Å². The lowest BCUT2D eigenvalue weighted by atomic mass is 10.3. The Morgan fingerprint density at radius 1 is 1.26 bits per heavy atom. The third kappa shape index (κ3) is 3.59. The third-order valence-electron chi connectivity index (χ3n) is 3.09. The summed E-state index contributed by atoms with van der Waals surface area (Å²) >= 11 is 5.97. The molecule has 23 heavy (non-hydrogen) atoms. The van der Waals surface area contributed by atoms with Gasteiger partial charge in [-0.2, -0.15) is 0 Å². The molecule has 0 amide bonds. The van der Waals surface area contributed by atoms with E-state index in [-0.39, 0.29) is 21.3 Å². The number of anilines is 1. The number of sulfonamides is 1. The van der Waals surface area contributed by atoms with Crippen molar-refractivity contribution >= 4 is 33.3 Å². The number of rotatable bonds is 5. The number of benzene rings is 1. The van der Waals surface area contributed by atoms with Crippen molar-refractivity contribution in [3.63, 3.8) is 0 Å². The number of nitrogens with zero attached hydrogens (tertiary/aromatic N) is 1. The summed E-state index contributed by atoms with van der Waals surface area (Å²) in [5.74, 6) is -0.191. The first-order valence-electron chi connectivity index (χ1n) is 6.39. The van der Waals surface area contributed by atoms with Crippen LogP contribution in [0.2, 0.25) is 5.02 Å². The van der Waals surface area contributed by atoms with Crippen LogP contribution in [0.5, 0.6) is 5.75 Å². The van der Waals surface area contributed by atoms with Crippen molar-refractivity contribution in [3.05, 3.63) is 41.2 Å². The topological polar surface area (TPSA) is 86.6 Å². The number of carbonyl (C=O) groups is 1. The zero-order chi connectivity index (χ0) is 17.2. The average molecular weight is 359 g/mol. The second-order valence-electron chi connectivity index (χ2n) is 4.62. The number of hydrogen-bond donors (Lipinski definition) is 1. The number of halogens is 1. The van der Waals surface area contributed by atoms with E-state index in [4.69, 9.17) is 16.3 Å². The fourth-order valence-electron chi connectivity index (χ4n) is 1.93. The molecule has 0 spiro atoms. The number of methoxy groups -OCH3 is 2. The van der Waals surface area contributed by atoms with Crippen LogP contribution in [0.25, 0.3) is 0 Å². The van der Waals surface area contributed by atoms with Gasteiger partial charge in [-0.05, 0) is 24.3 Å². The molecule has 1 heterocycles. The van der Waals surface area contributed by atoms with Crippen molar-refractivity contribution in [1.82, 2.24) is 4.57 Å². The normalized spacial score (nSPS) is 11.1. The van der Waals surface area contributed by atoms with Crippen molar-refractivity contribution < 1.29 is 22.7 Å². The molecule has 1 aromatic carbocycles. The van der Waals surface area contributed by atoms with Gasteiger partial charge in [0.25, 0.3) is 10.0 Å². The van der Waals surface area contributed by atoms with Gasteiger partial charge in [-0.25, -0.2) is 13.2 Å². The SMILES string of the molecule is COC(=O)c1cc(S(=O)(=O)Nc2ccc(OC)c(Cl)c2)cn1C. The van der Waals surface area contributed by atoms with Crippen LogP contribution >= 0.6 is 11.6 Å². The van der Waals surface area contributed by atoms with Crippen LogP contribution in [0.15, 0.2) is 35.4 Å². The van der Waals surface area contributed by atoms with Crippen LogP contribution in [-0.4, -0.2) is 33.2 Å². The summed E-state index contributed by atoms with van der Waals surface area (Å²) in [4.78, 5) is 11.5. The van der Waals surface area contributed by atoms with E-state index in [0.29, 0.717) is 5.75 Å². The number of esters is 1. The highest BCUT2D eigenvalue weighted by atomic mass is 35.5. The highest BCUT2D eigenvalue weighted by Gasteiger charge is 2.21. The Bertz CT molecular complexity index is 845. The minimum absolute atomic E-state index is 0.0626. The van der Waals surface area contributed by atoms with E-state index < -0.39 is 16.0 Å². The molecule has 1 aromatic heterocycles. The second-order valence-corrected chi connectivity index (χ2v) is 6.71. The summed E-state index contributed by atoms with van der Waals surface area (Å²) < 4.78 is 38.2. The van der Waals surface area contributed by atoms with Gasteiger partial charge in [0, 0.05) is 13.2 Å². The van der Waals surface area contributed by atoms with E-state index in [1.54, 1.807) is 13.1 Å². The second kappa shape index (κ2) is 6.51. The number of nitrogens with one attached hydrogen (secondary N) is 1. The van der Waals surface area contributed by atoms with Crippen molar-refractivity contribution in [2.75, 3.05) is 18.9 Å². The molecule has 0 radical (unpaired) electrons. The van der Waals surface area contributed by atoms with Crippen molar-refractivity contribution in [2.24, 2.45) is 7.05 Å². The summed E-state index contributed by atoms with van der Waals surface area (Å²) in [5.41, 5.74) is 0.403. The zero-order valence-electron chi connectivity index (χ0n) is 12.7. The summed E-state index contributed by atoms with van der Waals surface area (Å²) in [6.07, 6.45) is 1.32. The lowest BCUT2D eigenvalue weighted by Crippen LogP contribution is -2.12. The molecule has 7 nitrogen and oxygen atoms in total. The first kappa shape index (κ1) is 17.2. The van der Waals surface area contributed by atoms with Crippen molar-refractivity contribution in [3.8, 4) is 5.75 Å². The van der Waals surface area contributed by atoms with E-state index in [0.717, 1.165) is 0 Å². The summed E-state index contributed by atoms with van der Waals surface area (Å²) in [6, 6.07) is 5.73. The van der Waals surface area contributed by atoms with Gasteiger partial charge >= 0.3 is 5.97 Å². The lowest BCUT2D eigenvalue weighted by Gasteiger charge is -2.08. The molecule has 0 atom stereocenters. The summed E-state index contributed by atoms with van der Waals surface area (Å²) in [6.45, 7) is 0. The highest BCUT2D eigenvalue weighted by molar-refractivity contribution is 7.92. The molecule has 0 aliphatic carbocycles. The van der Waals surface area contributed by atoms with Crippen LogP contribution in [0.3, 0.4) is 0 Å². The minimum Gasteiger partial charge on any atom is -0.495 e.